The Balaban J connectivity index is 1.78. The summed E-state index contributed by atoms with van der Waals surface area (Å²) in [6.45, 7) is 8.27. The molecule has 3 fully saturated rings. The second kappa shape index (κ2) is 6.29. The van der Waals surface area contributed by atoms with Crippen molar-refractivity contribution in [3.8, 4) is 0 Å². The van der Waals surface area contributed by atoms with Gasteiger partial charge < -0.3 is 10.2 Å². The fourth-order valence-corrected chi connectivity index (χ4v) is 8.07. The molecule has 4 aliphatic rings. The molecule has 3 saturated carbocycles. The van der Waals surface area contributed by atoms with Crippen LogP contribution in [0.1, 0.15) is 59.8 Å². The lowest BCUT2D eigenvalue weighted by Crippen LogP contribution is -2.65. The van der Waals surface area contributed by atoms with E-state index < -0.39 is 22.5 Å². The first kappa shape index (κ1) is 20.4. The van der Waals surface area contributed by atoms with Crippen LogP contribution >= 0.6 is 11.8 Å². The molecule has 4 rings (SSSR count). The summed E-state index contributed by atoms with van der Waals surface area (Å²) in [6.07, 6.45) is 8.20. The van der Waals surface area contributed by atoms with Crippen LogP contribution in [0.3, 0.4) is 0 Å². The van der Waals surface area contributed by atoms with E-state index in [0.717, 1.165) is 24.8 Å². The standard InChI is InChI=1S/C23H32O4S/c1-5-28-19(26)23(27)11-9-16-17-7-6-14-12-15(24)8-10-20(14,2)22(17,4)18(25)13-21(16,23)3/h8,10,12,16-18,25,27H,5-7,9,11,13H2,1-4H3/t16?,17-,18-,20-,21-,22+,23-/m0/s1. The van der Waals surface area contributed by atoms with Crippen molar-refractivity contribution in [3.05, 3.63) is 23.8 Å². The van der Waals surface area contributed by atoms with Crippen LogP contribution in [0.4, 0.5) is 0 Å². The topological polar surface area (TPSA) is 74.6 Å². The minimum atomic E-state index is -1.37. The van der Waals surface area contributed by atoms with Crippen molar-refractivity contribution >= 4 is 22.7 Å². The molecule has 0 aliphatic heterocycles. The van der Waals surface area contributed by atoms with E-state index in [0.29, 0.717) is 18.6 Å². The van der Waals surface area contributed by atoms with E-state index in [9.17, 15) is 19.8 Å². The molecular weight excluding hydrogens is 372 g/mol. The Hall–Kier alpha value is -0.910. The molecule has 0 spiro atoms. The average Bonchev–Trinajstić information content (AvgIpc) is 2.90. The van der Waals surface area contributed by atoms with Gasteiger partial charge in [0, 0.05) is 16.2 Å². The Labute approximate surface area is 171 Å². The van der Waals surface area contributed by atoms with Crippen LogP contribution in [0, 0.1) is 28.1 Å². The largest absolute Gasteiger partial charge is 0.392 e. The van der Waals surface area contributed by atoms with Gasteiger partial charge in [0.1, 0.15) is 5.60 Å². The summed E-state index contributed by atoms with van der Waals surface area (Å²) in [5.74, 6) is 1.07. The molecule has 0 heterocycles. The van der Waals surface area contributed by atoms with Crippen molar-refractivity contribution in [2.45, 2.75) is 71.5 Å². The van der Waals surface area contributed by atoms with Gasteiger partial charge in [0.25, 0.3) is 0 Å². The average molecular weight is 405 g/mol. The molecule has 0 saturated heterocycles. The van der Waals surface area contributed by atoms with Crippen molar-refractivity contribution < 1.29 is 19.8 Å². The maximum Gasteiger partial charge on any atom is 0.221 e. The van der Waals surface area contributed by atoms with E-state index in [1.54, 1.807) is 12.2 Å². The number of allylic oxidation sites excluding steroid dienone is 4. The van der Waals surface area contributed by atoms with E-state index in [4.69, 9.17) is 0 Å². The molecule has 4 aliphatic carbocycles. The molecular formula is C23H32O4S. The Morgan fingerprint density at radius 1 is 1.25 bits per heavy atom. The van der Waals surface area contributed by atoms with E-state index in [1.807, 2.05) is 19.9 Å². The number of fused-ring (bicyclic) bond motifs is 5. The number of carbonyl (C=O) groups is 2. The summed E-state index contributed by atoms with van der Waals surface area (Å²) < 4.78 is 0. The van der Waals surface area contributed by atoms with E-state index in [1.165, 1.54) is 11.8 Å². The van der Waals surface area contributed by atoms with Gasteiger partial charge in [-0.05, 0) is 61.8 Å². The molecule has 0 aromatic carbocycles. The molecule has 1 unspecified atom stereocenters. The molecule has 0 amide bonds. The zero-order valence-corrected chi connectivity index (χ0v) is 18.1. The highest BCUT2D eigenvalue weighted by molar-refractivity contribution is 8.13. The number of hydrogen-bond acceptors (Lipinski definition) is 5. The number of thioether (sulfide) groups is 1. The normalized spacial score (nSPS) is 49.9. The van der Waals surface area contributed by atoms with E-state index in [-0.39, 0.29) is 28.1 Å². The van der Waals surface area contributed by atoms with Crippen LogP contribution < -0.4 is 0 Å². The zero-order chi connectivity index (χ0) is 20.5. The van der Waals surface area contributed by atoms with E-state index in [2.05, 4.69) is 13.8 Å². The Bertz CT molecular complexity index is 787. The summed E-state index contributed by atoms with van der Waals surface area (Å²) in [5.41, 5.74) is -1.64. The Morgan fingerprint density at radius 3 is 2.64 bits per heavy atom. The predicted molar refractivity (Wildman–Crippen MR) is 111 cm³/mol. The summed E-state index contributed by atoms with van der Waals surface area (Å²) in [7, 11) is 0. The summed E-state index contributed by atoms with van der Waals surface area (Å²) in [6, 6.07) is 0. The first-order chi connectivity index (χ1) is 13.0. The SMILES string of the molecule is CCSC(=O)[C@@]1(O)CCC2[C@@H]3CCC4=CC(=O)C=C[C@]4(C)[C@@]3(C)[C@@H](O)C[C@@]21C. The van der Waals surface area contributed by atoms with Gasteiger partial charge in [0.05, 0.1) is 6.10 Å². The van der Waals surface area contributed by atoms with Crippen LogP contribution in [0.2, 0.25) is 0 Å². The van der Waals surface area contributed by atoms with Crippen molar-refractivity contribution in [2.75, 3.05) is 5.75 Å². The summed E-state index contributed by atoms with van der Waals surface area (Å²) in [5, 5.41) is 22.9. The van der Waals surface area contributed by atoms with Gasteiger partial charge in [-0.1, -0.05) is 51.1 Å². The van der Waals surface area contributed by atoms with Gasteiger partial charge in [-0.15, -0.1) is 0 Å². The summed E-state index contributed by atoms with van der Waals surface area (Å²) >= 11 is 1.20. The second-order valence-corrected chi connectivity index (χ2v) is 11.1. The third-order valence-corrected chi connectivity index (χ3v) is 10.1. The molecule has 7 atom stereocenters. The molecule has 28 heavy (non-hydrogen) atoms. The Morgan fingerprint density at radius 2 is 1.96 bits per heavy atom. The van der Waals surface area contributed by atoms with E-state index >= 15 is 0 Å². The molecule has 0 bridgehead atoms. The van der Waals surface area contributed by atoms with Crippen LogP contribution in [0.25, 0.3) is 0 Å². The fourth-order valence-electron chi connectivity index (χ4n) is 7.23. The van der Waals surface area contributed by atoms with Crippen molar-refractivity contribution in [1.82, 2.24) is 0 Å². The molecule has 0 aromatic heterocycles. The quantitative estimate of drug-likeness (QED) is 0.735. The highest BCUT2D eigenvalue weighted by Crippen LogP contribution is 2.72. The number of rotatable bonds is 2. The third kappa shape index (κ3) is 2.27. The van der Waals surface area contributed by atoms with Crippen molar-refractivity contribution in [2.24, 2.45) is 28.1 Å². The van der Waals surface area contributed by atoms with Crippen LogP contribution in [-0.2, 0) is 9.59 Å². The minimum absolute atomic E-state index is 0.0297. The van der Waals surface area contributed by atoms with Crippen LogP contribution in [0.5, 0.6) is 0 Å². The van der Waals surface area contributed by atoms with Crippen LogP contribution in [-0.4, -0.2) is 38.6 Å². The number of aliphatic hydroxyl groups excluding tert-OH is 1. The molecule has 4 nitrogen and oxygen atoms in total. The highest BCUT2D eigenvalue weighted by Gasteiger charge is 2.71. The lowest BCUT2D eigenvalue weighted by Gasteiger charge is -2.65. The maximum atomic E-state index is 12.9. The molecule has 0 radical (unpaired) electrons. The second-order valence-electron chi connectivity index (χ2n) is 9.90. The predicted octanol–water partition coefficient (Wildman–Crippen LogP) is 3.67. The van der Waals surface area contributed by atoms with Gasteiger partial charge >= 0.3 is 0 Å². The fraction of sp³-hybridized carbons (Fsp3) is 0.739. The first-order valence-electron chi connectivity index (χ1n) is 10.6. The van der Waals surface area contributed by atoms with Gasteiger partial charge in [-0.2, -0.15) is 0 Å². The lowest BCUT2D eigenvalue weighted by atomic mass is 9.40. The van der Waals surface area contributed by atoms with Gasteiger partial charge in [0.15, 0.2) is 5.78 Å². The molecule has 154 valence electrons. The minimum Gasteiger partial charge on any atom is -0.392 e. The maximum absolute atomic E-state index is 12.9. The van der Waals surface area contributed by atoms with Crippen molar-refractivity contribution in [3.63, 3.8) is 0 Å². The van der Waals surface area contributed by atoms with Crippen LogP contribution in [0.15, 0.2) is 23.8 Å². The lowest BCUT2D eigenvalue weighted by molar-refractivity contribution is -0.201. The number of hydrogen-bond donors (Lipinski definition) is 2. The van der Waals surface area contributed by atoms with Gasteiger partial charge in [-0.25, -0.2) is 0 Å². The number of carbonyl (C=O) groups excluding carboxylic acids is 2. The number of ketones is 1. The van der Waals surface area contributed by atoms with Crippen molar-refractivity contribution in [1.29, 1.82) is 0 Å². The van der Waals surface area contributed by atoms with Gasteiger partial charge in [-0.3, -0.25) is 9.59 Å². The third-order valence-electron chi connectivity index (χ3n) is 9.17. The molecule has 5 heteroatoms. The first-order valence-corrected chi connectivity index (χ1v) is 11.5. The van der Waals surface area contributed by atoms with Gasteiger partial charge in [0.2, 0.25) is 5.12 Å². The Kier molecular flexibility index (Phi) is 4.58. The highest BCUT2D eigenvalue weighted by atomic mass is 32.2. The number of aliphatic hydroxyl groups is 2. The molecule has 0 aromatic rings. The molecule has 2 N–H and O–H groups in total. The smallest absolute Gasteiger partial charge is 0.221 e. The zero-order valence-electron chi connectivity index (χ0n) is 17.3. The monoisotopic (exact) mass is 404 g/mol. The summed E-state index contributed by atoms with van der Waals surface area (Å²) in [4.78, 5) is 24.8.